The zero-order valence-corrected chi connectivity index (χ0v) is 15.1. The molecule has 0 unspecified atom stereocenters. The van der Waals surface area contributed by atoms with Crippen molar-refractivity contribution in [3.8, 4) is 0 Å². The van der Waals surface area contributed by atoms with Crippen LogP contribution >= 0.6 is 0 Å². The molecule has 3 aromatic rings. The Bertz CT molecular complexity index is 915. The first-order chi connectivity index (χ1) is 12.4. The second-order valence-electron chi connectivity index (χ2n) is 6.08. The van der Waals surface area contributed by atoms with Gasteiger partial charge in [-0.3, -0.25) is 14.8 Å². The summed E-state index contributed by atoms with van der Waals surface area (Å²) in [5.74, 6) is 1.33. The maximum absolute atomic E-state index is 12.4. The van der Waals surface area contributed by atoms with E-state index < -0.39 is 0 Å². The summed E-state index contributed by atoms with van der Waals surface area (Å²) in [6, 6.07) is 5.20. The minimum Gasteiger partial charge on any atom is -0.347 e. The molecular formula is C17H20N8O. The number of anilines is 2. The van der Waals surface area contributed by atoms with Gasteiger partial charge in [0.15, 0.2) is 5.82 Å². The Labute approximate surface area is 151 Å². The van der Waals surface area contributed by atoms with Gasteiger partial charge in [-0.1, -0.05) is 0 Å². The van der Waals surface area contributed by atoms with Crippen LogP contribution in [0.3, 0.4) is 0 Å². The molecular weight excluding hydrogens is 332 g/mol. The molecule has 134 valence electrons. The fraction of sp³-hybridized carbons (Fsp3) is 0.294. The molecule has 0 fully saturated rings. The van der Waals surface area contributed by atoms with Gasteiger partial charge in [0, 0.05) is 46.1 Å². The van der Waals surface area contributed by atoms with Crippen molar-refractivity contribution in [2.45, 2.75) is 6.54 Å². The highest BCUT2D eigenvalue weighted by Crippen LogP contribution is 2.12. The lowest BCUT2D eigenvalue weighted by atomic mass is 10.2. The maximum atomic E-state index is 12.4. The molecule has 2 heterocycles. The van der Waals surface area contributed by atoms with Crippen molar-refractivity contribution in [3.63, 3.8) is 0 Å². The average molecular weight is 352 g/mol. The van der Waals surface area contributed by atoms with Crippen LogP contribution in [0.4, 0.5) is 11.9 Å². The topological polar surface area (TPSA) is 100 Å². The Kier molecular flexibility index (Phi) is 4.87. The molecule has 3 rings (SSSR count). The first kappa shape index (κ1) is 17.5. The number of hydrogen-bond donors (Lipinski definition) is 1. The molecule has 9 heteroatoms. The largest absolute Gasteiger partial charge is 0.347 e. The van der Waals surface area contributed by atoms with Gasteiger partial charge in [0.2, 0.25) is 11.9 Å². The number of nitrogens with zero attached hydrogens (tertiary/aromatic N) is 7. The van der Waals surface area contributed by atoms with Gasteiger partial charge in [-0.15, -0.1) is 0 Å². The standard InChI is InChI=1S/C17H20N8O/c1-24(2)16-21-14(22-17(23-16)25(3)4)10-20-15(26)11-5-6-12-13(9-11)19-8-7-18-12/h5-9H,10H2,1-4H3,(H,20,26). The Balaban J connectivity index is 1.77. The molecule has 0 aliphatic rings. The molecule has 1 N–H and O–H groups in total. The number of amides is 1. The van der Waals surface area contributed by atoms with E-state index in [1.807, 2.05) is 28.2 Å². The van der Waals surface area contributed by atoms with Gasteiger partial charge in [-0.2, -0.15) is 15.0 Å². The Morgan fingerprint density at radius 1 is 0.923 bits per heavy atom. The number of aromatic nitrogens is 5. The number of carbonyl (C=O) groups excluding carboxylic acids is 1. The van der Waals surface area contributed by atoms with E-state index >= 15 is 0 Å². The number of rotatable bonds is 5. The summed E-state index contributed by atoms with van der Waals surface area (Å²) < 4.78 is 0. The van der Waals surface area contributed by atoms with Crippen LogP contribution < -0.4 is 15.1 Å². The minimum absolute atomic E-state index is 0.196. The van der Waals surface area contributed by atoms with Crippen LogP contribution in [0.2, 0.25) is 0 Å². The van der Waals surface area contributed by atoms with Gasteiger partial charge in [-0.05, 0) is 18.2 Å². The summed E-state index contributed by atoms with van der Waals surface area (Å²) >= 11 is 0. The fourth-order valence-corrected chi connectivity index (χ4v) is 2.24. The number of carbonyl (C=O) groups is 1. The monoisotopic (exact) mass is 352 g/mol. The predicted molar refractivity (Wildman–Crippen MR) is 99.2 cm³/mol. The third-order valence-electron chi connectivity index (χ3n) is 3.60. The predicted octanol–water partition coefficient (Wildman–Crippen LogP) is 0.877. The quantitative estimate of drug-likeness (QED) is 0.722. The van der Waals surface area contributed by atoms with E-state index in [1.165, 1.54) is 0 Å². The molecule has 26 heavy (non-hydrogen) atoms. The van der Waals surface area contributed by atoms with Crippen LogP contribution in [0.15, 0.2) is 30.6 Å². The Morgan fingerprint density at radius 2 is 1.54 bits per heavy atom. The molecule has 0 saturated heterocycles. The van der Waals surface area contributed by atoms with Crippen molar-refractivity contribution in [1.82, 2.24) is 30.2 Å². The smallest absolute Gasteiger partial charge is 0.251 e. The van der Waals surface area contributed by atoms with Crippen molar-refractivity contribution < 1.29 is 4.79 Å². The van der Waals surface area contributed by atoms with E-state index in [-0.39, 0.29) is 12.5 Å². The van der Waals surface area contributed by atoms with Crippen molar-refractivity contribution in [3.05, 3.63) is 42.0 Å². The first-order valence-corrected chi connectivity index (χ1v) is 8.02. The highest BCUT2D eigenvalue weighted by atomic mass is 16.1. The molecule has 2 aromatic heterocycles. The van der Waals surface area contributed by atoms with Gasteiger partial charge >= 0.3 is 0 Å². The summed E-state index contributed by atoms with van der Waals surface area (Å²) in [6.45, 7) is 0.196. The Morgan fingerprint density at radius 3 is 2.15 bits per heavy atom. The highest BCUT2D eigenvalue weighted by Gasteiger charge is 2.12. The van der Waals surface area contributed by atoms with E-state index in [0.717, 1.165) is 5.52 Å². The lowest BCUT2D eigenvalue weighted by Crippen LogP contribution is -2.26. The molecule has 1 aromatic carbocycles. The third kappa shape index (κ3) is 3.82. The van der Waals surface area contributed by atoms with E-state index in [4.69, 9.17) is 0 Å². The number of fused-ring (bicyclic) bond motifs is 1. The van der Waals surface area contributed by atoms with Crippen LogP contribution in [0.5, 0.6) is 0 Å². The van der Waals surface area contributed by atoms with Crippen LogP contribution in [-0.2, 0) is 6.54 Å². The molecule has 0 aliphatic carbocycles. The van der Waals surface area contributed by atoms with E-state index in [1.54, 1.807) is 40.4 Å². The second kappa shape index (κ2) is 7.26. The summed E-state index contributed by atoms with van der Waals surface area (Å²) in [7, 11) is 7.42. The van der Waals surface area contributed by atoms with Gasteiger partial charge in [0.1, 0.15) is 0 Å². The van der Waals surface area contributed by atoms with Crippen molar-refractivity contribution in [2.75, 3.05) is 38.0 Å². The van der Waals surface area contributed by atoms with Crippen molar-refractivity contribution in [1.29, 1.82) is 0 Å². The van der Waals surface area contributed by atoms with Crippen molar-refractivity contribution in [2.24, 2.45) is 0 Å². The maximum Gasteiger partial charge on any atom is 0.251 e. The van der Waals surface area contributed by atoms with Crippen LogP contribution in [-0.4, -0.2) is 59.0 Å². The lowest BCUT2D eigenvalue weighted by molar-refractivity contribution is 0.0950. The molecule has 1 amide bonds. The number of nitrogens with one attached hydrogen (secondary N) is 1. The molecule has 0 radical (unpaired) electrons. The van der Waals surface area contributed by atoms with E-state index in [9.17, 15) is 4.79 Å². The zero-order valence-electron chi connectivity index (χ0n) is 15.1. The first-order valence-electron chi connectivity index (χ1n) is 8.02. The van der Waals surface area contributed by atoms with Crippen LogP contribution in [0.1, 0.15) is 16.2 Å². The van der Waals surface area contributed by atoms with Crippen molar-refractivity contribution >= 4 is 28.8 Å². The number of hydrogen-bond acceptors (Lipinski definition) is 8. The molecule has 0 atom stereocenters. The van der Waals surface area contributed by atoms with E-state index in [2.05, 4.69) is 30.2 Å². The zero-order chi connectivity index (χ0) is 18.7. The lowest BCUT2D eigenvalue weighted by Gasteiger charge is -2.16. The molecule has 0 spiro atoms. The van der Waals surface area contributed by atoms with Gasteiger partial charge < -0.3 is 15.1 Å². The fourth-order valence-electron chi connectivity index (χ4n) is 2.24. The van der Waals surface area contributed by atoms with Crippen LogP contribution in [0.25, 0.3) is 11.0 Å². The summed E-state index contributed by atoms with van der Waals surface area (Å²) in [5, 5.41) is 2.84. The summed E-state index contributed by atoms with van der Waals surface area (Å²) in [4.78, 5) is 37.5. The van der Waals surface area contributed by atoms with Gasteiger partial charge in [0.25, 0.3) is 5.91 Å². The molecule has 0 saturated carbocycles. The van der Waals surface area contributed by atoms with Gasteiger partial charge in [0.05, 0.1) is 17.6 Å². The second-order valence-corrected chi connectivity index (χ2v) is 6.08. The SMILES string of the molecule is CN(C)c1nc(CNC(=O)c2ccc3nccnc3c2)nc(N(C)C)n1. The summed E-state index contributed by atoms with van der Waals surface area (Å²) in [6.07, 6.45) is 3.22. The van der Waals surface area contributed by atoms with Gasteiger partial charge in [-0.25, -0.2) is 0 Å². The van der Waals surface area contributed by atoms with E-state index in [0.29, 0.717) is 28.8 Å². The van der Waals surface area contributed by atoms with Crippen LogP contribution in [0, 0.1) is 0 Å². The summed E-state index contributed by atoms with van der Waals surface area (Å²) in [5.41, 5.74) is 1.92. The normalized spacial score (nSPS) is 10.6. The number of benzene rings is 1. The molecule has 0 bridgehead atoms. The third-order valence-corrected chi connectivity index (χ3v) is 3.60. The highest BCUT2D eigenvalue weighted by molar-refractivity contribution is 5.97. The minimum atomic E-state index is -0.226. The average Bonchev–Trinajstić information content (AvgIpc) is 2.65. The molecule has 0 aliphatic heterocycles. The Hall–Kier alpha value is -3.36. The molecule has 9 nitrogen and oxygen atoms in total.